The molecule has 1 atom stereocenters. The van der Waals surface area contributed by atoms with Crippen LogP contribution >= 0.6 is 0 Å². The van der Waals surface area contributed by atoms with E-state index in [1.165, 1.54) is 39.0 Å². The van der Waals surface area contributed by atoms with E-state index in [0.29, 0.717) is 12.3 Å². The minimum absolute atomic E-state index is 0.0828. The first-order valence-corrected chi connectivity index (χ1v) is 4.88. The molecule has 0 bridgehead atoms. The van der Waals surface area contributed by atoms with E-state index in [0.717, 1.165) is 0 Å². The van der Waals surface area contributed by atoms with Crippen molar-refractivity contribution in [3.8, 4) is 0 Å². The molecule has 70 valence electrons. The number of rotatable bonds is 3. The highest BCUT2D eigenvalue weighted by molar-refractivity contribution is 5.80. The van der Waals surface area contributed by atoms with Gasteiger partial charge in [0.05, 0.1) is 0 Å². The zero-order chi connectivity index (χ0) is 8.97. The standard InChI is InChI=1S/C10H18O2/c1-8(11)10(12)7-9-5-3-2-4-6-9/h9-10,12H,2-7H2,1H3. The first-order valence-electron chi connectivity index (χ1n) is 4.88. The van der Waals surface area contributed by atoms with Crippen molar-refractivity contribution in [1.82, 2.24) is 0 Å². The second-order valence-corrected chi connectivity index (χ2v) is 3.87. The Labute approximate surface area is 74.0 Å². The summed E-state index contributed by atoms with van der Waals surface area (Å²) in [4.78, 5) is 10.8. The SMILES string of the molecule is CC(=O)C(O)CC1CCCCC1. The number of aliphatic hydroxyl groups excluding tert-OH is 1. The van der Waals surface area contributed by atoms with Gasteiger partial charge >= 0.3 is 0 Å². The number of aliphatic hydroxyl groups is 1. The average Bonchev–Trinajstić information content (AvgIpc) is 2.06. The van der Waals surface area contributed by atoms with Gasteiger partial charge in [0.1, 0.15) is 6.10 Å². The van der Waals surface area contributed by atoms with E-state index in [9.17, 15) is 9.90 Å². The van der Waals surface area contributed by atoms with Crippen LogP contribution in [0.5, 0.6) is 0 Å². The molecule has 1 rings (SSSR count). The van der Waals surface area contributed by atoms with Crippen molar-refractivity contribution in [2.75, 3.05) is 0 Å². The van der Waals surface area contributed by atoms with Crippen LogP contribution in [0.2, 0.25) is 0 Å². The Kier molecular flexibility index (Phi) is 3.73. The van der Waals surface area contributed by atoms with E-state index in [1.54, 1.807) is 0 Å². The highest BCUT2D eigenvalue weighted by Gasteiger charge is 2.19. The summed E-state index contributed by atoms with van der Waals surface area (Å²) >= 11 is 0. The zero-order valence-corrected chi connectivity index (χ0v) is 7.75. The van der Waals surface area contributed by atoms with Gasteiger partial charge in [-0.05, 0) is 19.3 Å². The third-order valence-electron chi connectivity index (χ3n) is 2.75. The van der Waals surface area contributed by atoms with Crippen LogP contribution < -0.4 is 0 Å². The summed E-state index contributed by atoms with van der Waals surface area (Å²) in [6.07, 6.45) is 6.26. The minimum Gasteiger partial charge on any atom is -0.385 e. The van der Waals surface area contributed by atoms with Gasteiger partial charge < -0.3 is 5.11 Å². The van der Waals surface area contributed by atoms with Gasteiger partial charge in [0.15, 0.2) is 5.78 Å². The molecule has 0 amide bonds. The minimum atomic E-state index is -0.701. The first-order chi connectivity index (χ1) is 5.70. The Balaban J connectivity index is 2.24. The molecule has 1 aliphatic rings. The lowest BCUT2D eigenvalue weighted by Crippen LogP contribution is -2.22. The summed E-state index contributed by atoms with van der Waals surface area (Å²) in [6.45, 7) is 1.47. The van der Waals surface area contributed by atoms with Crippen molar-refractivity contribution in [1.29, 1.82) is 0 Å². The van der Waals surface area contributed by atoms with Crippen LogP contribution in [-0.4, -0.2) is 17.0 Å². The molecule has 0 heterocycles. The van der Waals surface area contributed by atoms with E-state index in [-0.39, 0.29) is 5.78 Å². The summed E-state index contributed by atoms with van der Waals surface area (Å²) in [7, 11) is 0. The average molecular weight is 170 g/mol. The van der Waals surface area contributed by atoms with Gasteiger partial charge in [0.25, 0.3) is 0 Å². The van der Waals surface area contributed by atoms with E-state index < -0.39 is 6.10 Å². The fraction of sp³-hybridized carbons (Fsp3) is 0.900. The number of carbonyl (C=O) groups excluding carboxylic acids is 1. The monoisotopic (exact) mass is 170 g/mol. The van der Waals surface area contributed by atoms with E-state index in [2.05, 4.69) is 0 Å². The number of Topliss-reactive ketones (excluding diaryl/α,β-unsaturated/α-hetero) is 1. The lowest BCUT2D eigenvalue weighted by Gasteiger charge is -2.22. The van der Waals surface area contributed by atoms with Gasteiger partial charge in [0, 0.05) is 0 Å². The highest BCUT2D eigenvalue weighted by atomic mass is 16.3. The Morgan fingerprint density at radius 2 is 2.00 bits per heavy atom. The van der Waals surface area contributed by atoms with Crippen LogP contribution in [0.3, 0.4) is 0 Å². The zero-order valence-electron chi connectivity index (χ0n) is 7.75. The molecular weight excluding hydrogens is 152 g/mol. The van der Waals surface area contributed by atoms with E-state index in [1.807, 2.05) is 0 Å². The maximum absolute atomic E-state index is 10.8. The third-order valence-corrected chi connectivity index (χ3v) is 2.75. The van der Waals surface area contributed by atoms with Crippen LogP contribution in [0.15, 0.2) is 0 Å². The largest absolute Gasteiger partial charge is 0.385 e. The van der Waals surface area contributed by atoms with Gasteiger partial charge in [-0.25, -0.2) is 0 Å². The Morgan fingerprint density at radius 3 is 2.50 bits per heavy atom. The van der Waals surface area contributed by atoms with Crippen LogP contribution in [0.4, 0.5) is 0 Å². The first kappa shape index (κ1) is 9.72. The number of carbonyl (C=O) groups is 1. The fourth-order valence-electron chi connectivity index (χ4n) is 1.90. The van der Waals surface area contributed by atoms with E-state index in [4.69, 9.17) is 0 Å². The molecule has 0 aliphatic heterocycles. The molecule has 1 fully saturated rings. The Morgan fingerprint density at radius 1 is 1.42 bits per heavy atom. The highest BCUT2D eigenvalue weighted by Crippen LogP contribution is 2.27. The van der Waals surface area contributed by atoms with Gasteiger partial charge in [-0.1, -0.05) is 32.1 Å². The molecule has 1 unspecified atom stereocenters. The fourth-order valence-corrected chi connectivity index (χ4v) is 1.90. The summed E-state index contributed by atoms with van der Waals surface area (Å²) in [5.74, 6) is 0.512. The van der Waals surface area contributed by atoms with Crippen LogP contribution in [0.25, 0.3) is 0 Å². The maximum Gasteiger partial charge on any atom is 0.158 e. The van der Waals surface area contributed by atoms with Crippen LogP contribution in [0, 0.1) is 5.92 Å². The van der Waals surface area contributed by atoms with Gasteiger partial charge in [-0.3, -0.25) is 4.79 Å². The predicted molar refractivity (Wildman–Crippen MR) is 47.9 cm³/mol. The van der Waals surface area contributed by atoms with Gasteiger partial charge in [-0.2, -0.15) is 0 Å². The van der Waals surface area contributed by atoms with Crippen molar-refractivity contribution in [3.05, 3.63) is 0 Å². The summed E-state index contributed by atoms with van der Waals surface area (Å²) in [6, 6.07) is 0. The smallest absolute Gasteiger partial charge is 0.158 e. The van der Waals surface area contributed by atoms with E-state index >= 15 is 0 Å². The lowest BCUT2D eigenvalue weighted by molar-refractivity contribution is -0.125. The summed E-state index contributed by atoms with van der Waals surface area (Å²) < 4.78 is 0. The second kappa shape index (κ2) is 4.61. The maximum atomic E-state index is 10.8. The third kappa shape index (κ3) is 2.94. The molecular formula is C10H18O2. The quantitative estimate of drug-likeness (QED) is 0.702. The Bertz CT molecular complexity index is 148. The molecule has 0 aromatic heterocycles. The molecule has 0 aromatic carbocycles. The molecule has 2 heteroatoms. The molecule has 0 radical (unpaired) electrons. The van der Waals surface area contributed by atoms with Crippen molar-refractivity contribution in [2.24, 2.45) is 5.92 Å². The van der Waals surface area contributed by atoms with Crippen LogP contribution in [-0.2, 0) is 4.79 Å². The topological polar surface area (TPSA) is 37.3 Å². The second-order valence-electron chi connectivity index (χ2n) is 3.87. The molecule has 0 aromatic rings. The number of hydrogen-bond acceptors (Lipinski definition) is 2. The van der Waals surface area contributed by atoms with Gasteiger partial charge in [-0.15, -0.1) is 0 Å². The summed E-state index contributed by atoms with van der Waals surface area (Å²) in [5.41, 5.74) is 0. The van der Waals surface area contributed by atoms with Gasteiger partial charge in [0.2, 0.25) is 0 Å². The molecule has 1 N–H and O–H groups in total. The molecule has 1 aliphatic carbocycles. The molecule has 0 saturated heterocycles. The molecule has 0 spiro atoms. The normalized spacial score (nSPS) is 22.2. The number of hydrogen-bond donors (Lipinski definition) is 1. The Hall–Kier alpha value is -0.370. The molecule has 1 saturated carbocycles. The molecule has 12 heavy (non-hydrogen) atoms. The number of ketones is 1. The van der Waals surface area contributed by atoms with Crippen molar-refractivity contribution >= 4 is 5.78 Å². The van der Waals surface area contributed by atoms with Crippen molar-refractivity contribution in [3.63, 3.8) is 0 Å². The lowest BCUT2D eigenvalue weighted by atomic mass is 9.85. The summed E-state index contributed by atoms with van der Waals surface area (Å²) in [5, 5.41) is 9.33. The van der Waals surface area contributed by atoms with Crippen LogP contribution in [0.1, 0.15) is 45.4 Å². The predicted octanol–water partition coefficient (Wildman–Crippen LogP) is 1.91. The molecule has 2 nitrogen and oxygen atoms in total. The van der Waals surface area contributed by atoms with Crippen molar-refractivity contribution in [2.45, 2.75) is 51.6 Å². The van der Waals surface area contributed by atoms with Crippen molar-refractivity contribution < 1.29 is 9.90 Å².